The van der Waals surface area contributed by atoms with Crippen molar-refractivity contribution in [1.29, 1.82) is 0 Å². The zero-order chi connectivity index (χ0) is 18.5. The maximum Gasteiger partial charge on any atom is 0.222 e. The molecule has 27 heavy (non-hydrogen) atoms. The van der Waals surface area contributed by atoms with Gasteiger partial charge in [-0.3, -0.25) is 9.59 Å². The summed E-state index contributed by atoms with van der Waals surface area (Å²) in [5, 5.41) is 3.37. The Morgan fingerprint density at radius 3 is 2.52 bits per heavy atom. The average Bonchev–Trinajstić information content (AvgIpc) is 2.68. The number of carbonyl (C=O) groups excluding carboxylic acids is 2. The number of piperidine rings is 2. The average molecular weight is 397 g/mol. The Balaban J connectivity index is 0.00000261. The highest BCUT2D eigenvalue weighted by atomic mass is 35.5. The Hall–Kier alpha value is -1.46. The quantitative estimate of drug-likeness (QED) is 0.772. The molecule has 150 valence electrons. The zero-order valence-electron chi connectivity index (χ0n) is 16.0. The highest BCUT2D eigenvalue weighted by molar-refractivity contribution is 5.98. The van der Waals surface area contributed by atoms with Crippen molar-refractivity contribution in [3.63, 3.8) is 0 Å². The molecule has 2 fully saturated rings. The van der Waals surface area contributed by atoms with Crippen molar-refractivity contribution in [1.82, 2.24) is 10.2 Å². The first-order chi connectivity index (χ1) is 12.5. The van der Waals surface area contributed by atoms with Gasteiger partial charge in [0.25, 0.3) is 0 Å². The summed E-state index contributed by atoms with van der Waals surface area (Å²) < 4.78 is 13.1. The van der Waals surface area contributed by atoms with E-state index in [1.807, 2.05) is 4.90 Å². The summed E-state index contributed by atoms with van der Waals surface area (Å²) in [5.74, 6) is 0.683. The third kappa shape index (κ3) is 5.76. The summed E-state index contributed by atoms with van der Waals surface area (Å²) in [7, 11) is 0. The van der Waals surface area contributed by atoms with Crippen LogP contribution < -0.4 is 5.32 Å². The fourth-order valence-electron chi connectivity index (χ4n) is 4.25. The molecule has 2 aliphatic rings. The molecular weight excluding hydrogens is 367 g/mol. The van der Waals surface area contributed by atoms with E-state index in [4.69, 9.17) is 0 Å². The number of nitrogens with one attached hydrogen (secondary N) is 1. The Morgan fingerprint density at radius 1 is 1.19 bits per heavy atom. The van der Waals surface area contributed by atoms with Gasteiger partial charge in [0.15, 0.2) is 5.78 Å². The van der Waals surface area contributed by atoms with Gasteiger partial charge < -0.3 is 10.2 Å². The predicted octanol–water partition coefficient (Wildman–Crippen LogP) is 3.69. The summed E-state index contributed by atoms with van der Waals surface area (Å²) in [4.78, 5) is 27.3. The number of amides is 1. The number of rotatable bonds is 5. The van der Waals surface area contributed by atoms with Gasteiger partial charge in [-0.15, -0.1) is 12.4 Å². The lowest BCUT2D eigenvalue weighted by atomic mass is 9.83. The molecule has 0 bridgehead atoms. The first-order valence-electron chi connectivity index (χ1n) is 9.83. The Kier molecular flexibility index (Phi) is 8.24. The van der Waals surface area contributed by atoms with Crippen molar-refractivity contribution in [2.24, 2.45) is 17.8 Å². The van der Waals surface area contributed by atoms with Gasteiger partial charge in [-0.2, -0.15) is 0 Å². The third-order valence-corrected chi connectivity index (χ3v) is 5.96. The van der Waals surface area contributed by atoms with Gasteiger partial charge in [-0.1, -0.05) is 6.92 Å². The number of hydrogen-bond acceptors (Lipinski definition) is 3. The van der Waals surface area contributed by atoms with E-state index < -0.39 is 0 Å². The van der Waals surface area contributed by atoms with Crippen molar-refractivity contribution in [3.05, 3.63) is 35.6 Å². The molecular formula is C21H30ClFN2O2. The molecule has 1 amide bonds. The van der Waals surface area contributed by atoms with E-state index in [1.54, 1.807) is 0 Å². The van der Waals surface area contributed by atoms with E-state index in [0.717, 1.165) is 45.3 Å². The Bertz CT molecular complexity index is 632. The van der Waals surface area contributed by atoms with Crippen molar-refractivity contribution in [2.45, 2.75) is 39.0 Å². The van der Waals surface area contributed by atoms with Crippen molar-refractivity contribution in [2.75, 3.05) is 26.2 Å². The lowest BCUT2D eigenvalue weighted by molar-refractivity contribution is -0.134. The lowest BCUT2D eigenvalue weighted by Gasteiger charge is -2.34. The zero-order valence-corrected chi connectivity index (χ0v) is 16.8. The maximum atomic E-state index is 13.1. The fraction of sp³-hybridized carbons (Fsp3) is 0.619. The van der Waals surface area contributed by atoms with Gasteiger partial charge in [-0.25, -0.2) is 4.39 Å². The van der Waals surface area contributed by atoms with Crippen LogP contribution in [0.3, 0.4) is 0 Å². The minimum Gasteiger partial charge on any atom is -0.342 e. The van der Waals surface area contributed by atoms with Crippen molar-refractivity contribution >= 4 is 24.1 Å². The van der Waals surface area contributed by atoms with Gasteiger partial charge >= 0.3 is 0 Å². The first kappa shape index (κ1) is 21.8. The van der Waals surface area contributed by atoms with E-state index in [2.05, 4.69) is 12.2 Å². The normalized spacial score (nSPS) is 22.0. The molecule has 0 spiro atoms. The number of benzene rings is 1. The van der Waals surface area contributed by atoms with Crippen LogP contribution in [0.5, 0.6) is 0 Å². The smallest absolute Gasteiger partial charge is 0.222 e. The number of nitrogens with zero attached hydrogens (tertiary/aromatic N) is 1. The minimum atomic E-state index is -0.339. The van der Waals surface area contributed by atoms with Gasteiger partial charge in [0.2, 0.25) is 5.91 Å². The van der Waals surface area contributed by atoms with E-state index in [1.165, 1.54) is 24.3 Å². The van der Waals surface area contributed by atoms with Crippen LogP contribution in [0.15, 0.2) is 24.3 Å². The van der Waals surface area contributed by atoms with Gasteiger partial charge in [0, 0.05) is 31.0 Å². The first-order valence-corrected chi connectivity index (χ1v) is 9.83. The van der Waals surface area contributed by atoms with Gasteiger partial charge in [0.05, 0.1) is 0 Å². The molecule has 2 saturated heterocycles. The molecule has 2 atom stereocenters. The number of ketones is 1. The van der Waals surface area contributed by atoms with Crippen LogP contribution in [0.4, 0.5) is 4.39 Å². The third-order valence-electron chi connectivity index (χ3n) is 5.96. The molecule has 6 heteroatoms. The largest absolute Gasteiger partial charge is 0.342 e. The molecule has 0 saturated carbocycles. The highest BCUT2D eigenvalue weighted by Crippen LogP contribution is 2.27. The summed E-state index contributed by atoms with van der Waals surface area (Å²) in [6.45, 7) is 5.50. The molecule has 1 aromatic carbocycles. The second-order valence-corrected chi connectivity index (χ2v) is 7.82. The van der Waals surface area contributed by atoms with Crippen LogP contribution in [0.25, 0.3) is 0 Å². The number of halogens is 2. The number of Topliss-reactive ketones (excluding diaryl/α,β-unsaturated/α-hetero) is 1. The minimum absolute atomic E-state index is 0. The van der Waals surface area contributed by atoms with Crippen LogP contribution in [0, 0.1) is 23.6 Å². The van der Waals surface area contributed by atoms with Crippen LogP contribution in [0.1, 0.15) is 49.4 Å². The standard InChI is InChI=1S/C21H29FN2O2.ClH/c1-15(16-8-10-23-11-9-16)13-20(25)24-12-2-3-18(14-24)21(26)17-4-6-19(22)7-5-17;/h4-7,15-16,18,23H,2-3,8-14H2,1H3;1H. The fourth-order valence-corrected chi connectivity index (χ4v) is 4.25. The second kappa shape index (κ2) is 10.2. The molecule has 4 nitrogen and oxygen atoms in total. The number of carbonyl (C=O) groups is 2. The van der Waals surface area contributed by atoms with E-state index in [0.29, 0.717) is 30.4 Å². The van der Waals surface area contributed by atoms with Gasteiger partial charge in [-0.05, 0) is 74.9 Å². The molecule has 0 aliphatic carbocycles. The van der Waals surface area contributed by atoms with E-state index in [-0.39, 0.29) is 35.8 Å². The summed E-state index contributed by atoms with van der Waals surface area (Å²) in [6.07, 6.45) is 4.50. The van der Waals surface area contributed by atoms with Crippen LogP contribution in [-0.2, 0) is 4.79 Å². The van der Waals surface area contributed by atoms with Crippen LogP contribution in [0.2, 0.25) is 0 Å². The Labute approximate surface area is 167 Å². The lowest BCUT2D eigenvalue weighted by Crippen LogP contribution is -2.43. The number of likely N-dealkylation sites (tertiary alicyclic amines) is 1. The molecule has 0 aromatic heterocycles. The number of hydrogen-bond donors (Lipinski definition) is 1. The molecule has 1 N–H and O–H groups in total. The van der Waals surface area contributed by atoms with Crippen LogP contribution in [-0.4, -0.2) is 42.8 Å². The maximum absolute atomic E-state index is 13.1. The topological polar surface area (TPSA) is 49.4 Å². The molecule has 1 aromatic rings. The summed E-state index contributed by atoms with van der Waals surface area (Å²) in [5.41, 5.74) is 0.536. The van der Waals surface area contributed by atoms with Crippen LogP contribution >= 0.6 is 12.4 Å². The van der Waals surface area contributed by atoms with Gasteiger partial charge in [0.1, 0.15) is 5.82 Å². The highest BCUT2D eigenvalue weighted by Gasteiger charge is 2.30. The second-order valence-electron chi connectivity index (χ2n) is 7.82. The molecule has 2 heterocycles. The predicted molar refractivity (Wildman–Crippen MR) is 107 cm³/mol. The monoisotopic (exact) mass is 396 g/mol. The van der Waals surface area contributed by atoms with E-state index >= 15 is 0 Å². The summed E-state index contributed by atoms with van der Waals surface area (Å²) in [6, 6.07) is 5.72. The van der Waals surface area contributed by atoms with E-state index in [9.17, 15) is 14.0 Å². The molecule has 0 radical (unpaired) electrons. The van der Waals surface area contributed by atoms with Crippen molar-refractivity contribution in [3.8, 4) is 0 Å². The molecule has 2 aliphatic heterocycles. The molecule has 2 unspecified atom stereocenters. The SMILES string of the molecule is CC(CC(=O)N1CCCC(C(=O)c2ccc(F)cc2)C1)C1CCNCC1.Cl. The molecule has 3 rings (SSSR count). The summed E-state index contributed by atoms with van der Waals surface area (Å²) >= 11 is 0. The Morgan fingerprint density at radius 2 is 1.85 bits per heavy atom. The van der Waals surface area contributed by atoms with Crippen molar-refractivity contribution < 1.29 is 14.0 Å².